The Bertz CT molecular complexity index is 1400. The number of hydrogen-bond donors (Lipinski definition) is 2. The van der Waals surface area contributed by atoms with E-state index in [4.69, 9.17) is 19.2 Å². The number of methoxy groups -OCH3 is 2. The van der Waals surface area contributed by atoms with Crippen LogP contribution in [0.3, 0.4) is 0 Å². The van der Waals surface area contributed by atoms with E-state index in [2.05, 4.69) is 48.0 Å². The SMILES string of the molecule is C=CC(=O)C[C@H]1COC[C@H]1Nc1ncc2cc(-c3c(F)c(OC)cc(OC)c3F)nc(N[C@H](C)C(C)(C)C)c2n1. The van der Waals surface area contributed by atoms with Crippen molar-refractivity contribution in [1.82, 2.24) is 15.0 Å². The van der Waals surface area contributed by atoms with Gasteiger partial charge in [0.15, 0.2) is 34.7 Å². The van der Waals surface area contributed by atoms with Gasteiger partial charge in [0.05, 0.1) is 44.7 Å². The van der Waals surface area contributed by atoms with Crippen LogP contribution in [0, 0.1) is 23.0 Å². The van der Waals surface area contributed by atoms with Gasteiger partial charge in [0.1, 0.15) is 5.52 Å². The van der Waals surface area contributed by atoms with Gasteiger partial charge in [0.2, 0.25) is 5.95 Å². The molecule has 0 aliphatic carbocycles. The van der Waals surface area contributed by atoms with Gasteiger partial charge in [0.25, 0.3) is 0 Å². The Kier molecular flexibility index (Phi) is 8.53. The van der Waals surface area contributed by atoms with Crippen LogP contribution in [-0.4, -0.2) is 60.3 Å². The minimum atomic E-state index is -0.900. The van der Waals surface area contributed by atoms with E-state index in [0.29, 0.717) is 42.3 Å². The van der Waals surface area contributed by atoms with Crippen molar-refractivity contribution < 1.29 is 27.8 Å². The fraction of sp³-hybridized carbons (Fsp3) is 0.448. The molecule has 40 heavy (non-hydrogen) atoms. The summed E-state index contributed by atoms with van der Waals surface area (Å²) in [4.78, 5) is 25.7. The highest BCUT2D eigenvalue weighted by atomic mass is 19.1. The summed E-state index contributed by atoms with van der Waals surface area (Å²) < 4.78 is 46.6. The summed E-state index contributed by atoms with van der Waals surface area (Å²) in [5.41, 5.74) is -0.0602. The van der Waals surface area contributed by atoms with Crippen molar-refractivity contribution in [2.45, 2.75) is 46.2 Å². The molecule has 11 heteroatoms. The second kappa shape index (κ2) is 11.7. The summed E-state index contributed by atoms with van der Waals surface area (Å²) in [5.74, 6) is -1.61. The van der Waals surface area contributed by atoms with Crippen molar-refractivity contribution in [1.29, 1.82) is 0 Å². The maximum Gasteiger partial charge on any atom is 0.223 e. The number of halogens is 2. The minimum Gasteiger partial charge on any atom is -0.494 e. The molecule has 4 rings (SSSR count). The van der Waals surface area contributed by atoms with Crippen LogP contribution >= 0.6 is 0 Å². The third-order valence-corrected chi connectivity index (χ3v) is 7.25. The van der Waals surface area contributed by atoms with E-state index in [0.717, 1.165) is 6.07 Å². The van der Waals surface area contributed by atoms with Crippen LogP contribution in [0.4, 0.5) is 20.5 Å². The van der Waals surface area contributed by atoms with Crippen LogP contribution in [0.5, 0.6) is 11.5 Å². The number of pyridine rings is 1. The molecule has 1 aromatic carbocycles. The number of aromatic nitrogens is 3. The summed E-state index contributed by atoms with van der Waals surface area (Å²) in [6.45, 7) is 12.6. The monoisotopic (exact) mass is 555 g/mol. The third-order valence-electron chi connectivity index (χ3n) is 7.25. The summed E-state index contributed by atoms with van der Waals surface area (Å²) >= 11 is 0. The fourth-order valence-electron chi connectivity index (χ4n) is 4.34. The van der Waals surface area contributed by atoms with Gasteiger partial charge in [-0.25, -0.2) is 23.7 Å². The number of carbonyl (C=O) groups is 1. The molecule has 3 aromatic rings. The minimum absolute atomic E-state index is 0.0276. The van der Waals surface area contributed by atoms with Gasteiger partial charge in [-0.05, 0) is 24.5 Å². The van der Waals surface area contributed by atoms with Crippen LogP contribution in [0.1, 0.15) is 34.1 Å². The van der Waals surface area contributed by atoms with Gasteiger partial charge in [0, 0.05) is 36.0 Å². The molecule has 0 bridgehead atoms. The lowest BCUT2D eigenvalue weighted by Crippen LogP contribution is -2.31. The van der Waals surface area contributed by atoms with E-state index in [1.807, 2.05) is 6.92 Å². The predicted molar refractivity (Wildman–Crippen MR) is 150 cm³/mol. The summed E-state index contributed by atoms with van der Waals surface area (Å²) in [5, 5.41) is 7.17. The number of nitrogens with one attached hydrogen (secondary N) is 2. The zero-order valence-corrected chi connectivity index (χ0v) is 23.6. The molecule has 0 amide bonds. The standard InChI is InChI=1S/C29H35F2N5O4/c1-8-18(37)9-17-13-40-14-20(17)35-28-32-12-16-10-19(23-24(30)21(38-6)11-22(39-7)25(23)31)34-27(26(16)36-28)33-15(2)29(3,4)5/h8,10-12,15,17,20H,1,9,13-14H2,2-7H3,(H,33,34)(H,32,35,36)/t15-,17+,20-/m1/s1. The molecular formula is C29H35F2N5O4. The molecule has 9 nitrogen and oxygen atoms in total. The molecule has 1 fully saturated rings. The number of fused-ring (bicyclic) bond motifs is 1. The molecule has 2 aromatic heterocycles. The quantitative estimate of drug-likeness (QED) is 0.318. The number of nitrogens with zero attached hydrogens (tertiary/aromatic N) is 3. The van der Waals surface area contributed by atoms with Crippen LogP contribution in [0.2, 0.25) is 0 Å². The normalized spacial score (nSPS) is 17.9. The molecule has 2 N–H and O–H groups in total. The number of benzene rings is 1. The Morgan fingerprint density at radius 3 is 2.45 bits per heavy atom. The van der Waals surface area contributed by atoms with E-state index in [1.165, 1.54) is 26.4 Å². The molecule has 0 spiro atoms. The van der Waals surface area contributed by atoms with Gasteiger partial charge >= 0.3 is 0 Å². The summed E-state index contributed by atoms with van der Waals surface area (Å²) in [7, 11) is 2.59. The number of hydrogen-bond acceptors (Lipinski definition) is 9. The van der Waals surface area contributed by atoms with E-state index in [-0.39, 0.29) is 52.0 Å². The van der Waals surface area contributed by atoms with E-state index >= 15 is 8.78 Å². The number of rotatable bonds is 10. The molecule has 0 saturated carbocycles. The van der Waals surface area contributed by atoms with Crippen molar-refractivity contribution in [3.8, 4) is 22.8 Å². The van der Waals surface area contributed by atoms with Gasteiger partial charge < -0.3 is 24.8 Å². The lowest BCUT2D eigenvalue weighted by atomic mass is 9.88. The molecule has 214 valence electrons. The summed E-state index contributed by atoms with van der Waals surface area (Å²) in [6, 6.07) is 2.42. The van der Waals surface area contributed by atoms with Crippen LogP contribution < -0.4 is 20.1 Å². The van der Waals surface area contributed by atoms with Crippen molar-refractivity contribution in [3.05, 3.63) is 42.6 Å². The molecule has 1 aliphatic rings. The highest BCUT2D eigenvalue weighted by Crippen LogP contribution is 2.39. The molecule has 1 saturated heterocycles. The Balaban J connectivity index is 1.82. The maximum absolute atomic E-state index is 15.4. The largest absolute Gasteiger partial charge is 0.494 e. The fourth-order valence-corrected chi connectivity index (χ4v) is 4.34. The summed E-state index contributed by atoms with van der Waals surface area (Å²) in [6.07, 6.45) is 3.18. The predicted octanol–water partition coefficient (Wildman–Crippen LogP) is 5.41. The first kappa shape index (κ1) is 29.1. The molecule has 1 aliphatic heterocycles. The molecule has 3 atom stereocenters. The average molecular weight is 556 g/mol. The molecule has 0 unspecified atom stereocenters. The second-order valence-corrected chi connectivity index (χ2v) is 10.9. The zero-order chi connectivity index (χ0) is 29.2. The van der Waals surface area contributed by atoms with Crippen LogP contribution in [0.25, 0.3) is 22.2 Å². The first-order valence-electron chi connectivity index (χ1n) is 13.0. The average Bonchev–Trinajstić information content (AvgIpc) is 3.34. The van der Waals surface area contributed by atoms with Gasteiger partial charge in [-0.1, -0.05) is 27.4 Å². The highest BCUT2D eigenvalue weighted by molar-refractivity contribution is 5.92. The smallest absolute Gasteiger partial charge is 0.223 e. The Morgan fingerprint density at radius 1 is 1.18 bits per heavy atom. The Hall–Kier alpha value is -3.86. The van der Waals surface area contributed by atoms with E-state index in [1.54, 1.807) is 6.20 Å². The van der Waals surface area contributed by atoms with E-state index in [9.17, 15) is 4.79 Å². The first-order valence-corrected chi connectivity index (χ1v) is 13.0. The van der Waals surface area contributed by atoms with Crippen molar-refractivity contribution in [3.63, 3.8) is 0 Å². The lowest BCUT2D eigenvalue weighted by Gasteiger charge is -2.29. The molecule has 0 radical (unpaired) electrons. The van der Waals surface area contributed by atoms with Gasteiger partial charge in [-0.3, -0.25) is 4.79 Å². The van der Waals surface area contributed by atoms with Crippen molar-refractivity contribution in [2.24, 2.45) is 11.3 Å². The first-order chi connectivity index (χ1) is 19.0. The van der Waals surface area contributed by atoms with Gasteiger partial charge in [-0.15, -0.1) is 0 Å². The van der Waals surface area contributed by atoms with E-state index < -0.39 is 11.6 Å². The lowest BCUT2D eigenvalue weighted by molar-refractivity contribution is -0.115. The number of ketones is 1. The zero-order valence-electron chi connectivity index (χ0n) is 23.6. The molecule has 3 heterocycles. The Morgan fingerprint density at radius 2 is 1.85 bits per heavy atom. The number of anilines is 2. The highest BCUT2D eigenvalue weighted by Gasteiger charge is 2.31. The van der Waals surface area contributed by atoms with Crippen LogP contribution in [-0.2, 0) is 9.53 Å². The topological polar surface area (TPSA) is 107 Å². The van der Waals surface area contributed by atoms with Crippen molar-refractivity contribution in [2.75, 3.05) is 38.1 Å². The van der Waals surface area contributed by atoms with Gasteiger partial charge in [-0.2, -0.15) is 0 Å². The third kappa shape index (κ3) is 5.99. The molecular weight excluding hydrogens is 520 g/mol. The number of allylic oxidation sites excluding steroid dienone is 1. The maximum atomic E-state index is 15.4. The number of carbonyl (C=O) groups excluding carboxylic acids is 1. The number of ether oxygens (including phenoxy) is 3. The van der Waals surface area contributed by atoms with Crippen molar-refractivity contribution >= 4 is 28.5 Å². The second-order valence-electron chi connectivity index (χ2n) is 10.9. The van der Waals surface area contributed by atoms with Crippen LogP contribution in [0.15, 0.2) is 31.0 Å². The Labute approximate surface area is 232 Å².